The predicted molar refractivity (Wildman–Crippen MR) is 94.2 cm³/mol. The van der Waals surface area contributed by atoms with E-state index in [0.29, 0.717) is 4.68 Å². The van der Waals surface area contributed by atoms with Crippen LogP contribution < -0.4 is 17.1 Å². The summed E-state index contributed by atoms with van der Waals surface area (Å²) < 4.78 is 51.6. The fourth-order valence-corrected chi connectivity index (χ4v) is 5.46. The van der Waals surface area contributed by atoms with Gasteiger partial charge in [0.2, 0.25) is 0 Å². The van der Waals surface area contributed by atoms with Crippen molar-refractivity contribution in [1.82, 2.24) is 9.24 Å². The minimum Gasteiger partial charge on any atom is -0.390 e. The molecule has 17 nitrogen and oxygen atoms in total. The van der Waals surface area contributed by atoms with Gasteiger partial charge in [-0.2, -0.15) is 13.3 Å². The fourth-order valence-electron chi connectivity index (χ4n) is 2.43. The molecule has 2 unspecified atom stereocenters. The number of hydrogen-bond acceptors (Lipinski definition) is 11. The first-order valence-electron chi connectivity index (χ1n) is 7.73. The van der Waals surface area contributed by atoms with Crippen LogP contribution in [0.2, 0.25) is 0 Å². The minimum atomic E-state index is -5.69. The van der Waals surface area contributed by atoms with E-state index in [4.69, 9.17) is 25.3 Å². The molecule has 0 aromatic carbocycles. The van der Waals surface area contributed by atoms with Crippen LogP contribution in [0, 0.1) is 6.92 Å². The Labute approximate surface area is 166 Å². The predicted octanol–water partition coefficient (Wildman–Crippen LogP) is -1.98. The van der Waals surface area contributed by atoms with Crippen LogP contribution in [0.25, 0.3) is 0 Å². The van der Waals surface area contributed by atoms with Crippen LogP contribution in [-0.4, -0.2) is 52.7 Å². The van der Waals surface area contributed by atoms with Crippen LogP contribution in [0.3, 0.4) is 0 Å². The van der Waals surface area contributed by atoms with E-state index in [-0.39, 0.29) is 12.0 Å². The van der Waals surface area contributed by atoms with E-state index in [0.717, 1.165) is 10.8 Å². The van der Waals surface area contributed by atoms with Crippen molar-refractivity contribution in [2.24, 2.45) is 0 Å². The molecule has 2 rings (SSSR count). The molecule has 7 N–H and O–H groups in total. The number of phosphoric ester groups is 1. The Morgan fingerprint density at radius 3 is 2.33 bits per heavy atom. The number of nitrogen functional groups attached to an aromatic ring is 1. The number of aryl methyl sites for hydroxylation is 1. The number of nitrogens with zero attached hydrogens (tertiary/aromatic N) is 2. The first kappa shape index (κ1) is 25.1. The van der Waals surface area contributed by atoms with Crippen molar-refractivity contribution >= 4 is 23.5 Å². The summed E-state index contributed by atoms with van der Waals surface area (Å²) in [6.07, 6.45) is -2.92. The standard InChI is InChI=1S/C10H18N3O14P3/c1-5-3-12(10(16)13(11)9(5)15)8-2-6(14)7(25-8)4-24-29(20,21)27-30(22,23)26-28(17,18)19/h3,6-8,14H,2,4,11H2,1H3,(H,20,21)(H,22,23)(H2,17,18,19)/t6-,7+,8+/m0/s1. The van der Waals surface area contributed by atoms with E-state index >= 15 is 0 Å². The van der Waals surface area contributed by atoms with E-state index in [1.807, 2.05) is 0 Å². The van der Waals surface area contributed by atoms with Gasteiger partial charge in [0.15, 0.2) is 0 Å². The lowest BCUT2D eigenvalue weighted by molar-refractivity contribution is -0.0453. The molecule has 1 aromatic heterocycles. The van der Waals surface area contributed by atoms with Crippen molar-refractivity contribution in [1.29, 1.82) is 0 Å². The van der Waals surface area contributed by atoms with Gasteiger partial charge in [0.1, 0.15) is 12.3 Å². The van der Waals surface area contributed by atoms with Gasteiger partial charge in [-0.05, 0) is 6.92 Å². The smallest absolute Gasteiger partial charge is 0.390 e. The monoisotopic (exact) mass is 497 g/mol. The Kier molecular flexibility index (Phi) is 7.31. The first-order valence-corrected chi connectivity index (χ1v) is 12.3. The summed E-state index contributed by atoms with van der Waals surface area (Å²) in [6.45, 7) is 0.469. The van der Waals surface area contributed by atoms with E-state index in [1.165, 1.54) is 6.92 Å². The molecular weight excluding hydrogens is 479 g/mol. The lowest BCUT2D eigenvalue weighted by Crippen LogP contribution is -2.46. The van der Waals surface area contributed by atoms with Crippen LogP contribution in [-0.2, 0) is 31.6 Å². The molecule has 30 heavy (non-hydrogen) atoms. The van der Waals surface area contributed by atoms with Crippen molar-refractivity contribution in [3.05, 3.63) is 32.6 Å². The molecule has 1 saturated heterocycles. The highest BCUT2D eigenvalue weighted by Gasteiger charge is 2.43. The molecule has 20 heteroatoms. The van der Waals surface area contributed by atoms with Crippen LogP contribution in [0.1, 0.15) is 18.2 Å². The van der Waals surface area contributed by atoms with Crippen molar-refractivity contribution in [3.63, 3.8) is 0 Å². The van der Waals surface area contributed by atoms with Crippen LogP contribution in [0.5, 0.6) is 0 Å². The first-order chi connectivity index (χ1) is 13.5. The molecule has 0 radical (unpaired) electrons. The number of rotatable bonds is 8. The summed E-state index contributed by atoms with van der Waals surface area (Å²) >= 11 is 0. The van der Waals surface area contributed by atoms with Gasteiger partial charge in [-0.15, -0.1) is 0 Å². The van der Waals surface area contributed by atoms with Gasteiger partial charge in [0, 0.05) is 18.2 Å². The van der Waals surface area contributed by atoms with Crippen LogP contribution >= 0.6 is 23.5 Å². The van der Waals surface area contributed by atoms with E-state index < -0.39 is 59.8 Å². The Morgan fingerprint density at radius 2 is 1.77 bits per heavy atom. The van der Waals surface area contributed by atoms with Crippen molar-refractivity contribution < 1.29 is 56.3 Å². The highest BCUT2D eigenvalue weighted by molar-refractivity contribution is 7.66. The maximum Gasteiger partial charge on any atom is 0.490 e. The normalized spacial score (nSPS) is 26.3. The third kappa shape index (κ3) is 6.40. The molecule has 2 heterocycles. The summed E-state index contributed by atoms with van der Waals surface area (Å²) in [7, 11) is -16.6. The zero-order valence-electron chi connectivity index (χ0n) is 14.9. The molecule has 0 bridgehead atoms. The number of aliphatic hydroxyl groups excluding tert-OH is 1. The average molecular weight is 497 g/mol. The van der Waals surface area contributed by atoms with Crippen LogP contribution in [0.4, 0.5) is 0 Å². The SMILES string of the molecule is Cc1cn([C@H]2C[C@H](O)[C@@H](COP(=O)(O)OP(=O)(O)OP(=O)(O)O)O2)c(=O)n(N)c1=O. The fraction of sp³-hybridized carbons (Fsp3) is 0.600. The number of phosphoric acid groups is 3. The molecule has 0 saturated carbocycles. The largest absolute Gasteiger partial charge is 0.490 e. The van der Waals surface area contributed by atoms with E-state index in [9.17, 15) is 33.3 Å². The van der Waals surface area contributed by atoms with Gasteiger partial charge < -0.3 is 35.3 Å². The molecule has 1 aromatic rings. The Hall–Kier alpha value is -1.19. The maximum atomic E-state index is 12.1. The zero-order valence-corrected chi connectivity index (χ0v) is 17.6. The maximum absolute atomic E-state index is 12.1. The van der Waals surface area contributed by atoms with Gasteiger partial charge in [-0.1, -0.05) is 0 Å². The minimum absolute atomic E-state index is 0.0897. The second-order valence-electron chi connectivity index (χ2n) is 6.00. The summed E-state index contributed by atoms with van der Waals surface area (Å²) in [4.78, 5) is 59.1. The highest BCUT2D eigenvalue weighted by Crippen LogP contribution is 2.66. The van der Waals surface area contributed by atoms with Gasteiger partial charge in [0.25, 0.3) is 5.56 Å². The number of aromatic nitrogens is 2. The van der Waals surface area contributed by atoms with Crippen LogP contribution in [0.15, 0.2) is 15.8 Å². The van der Waals surface area contributed by atoms with Crippen molar-refractivity contribution in [2.75, 3.05) is 12.4 Å². The van der Waals surface area contributed by atoms with Gasteiger partial charge in [-0.3, -0.25) is 13.9 Å². The Bertz CT molecular complexity index is 1060. The number of aliphatic hydroxyl groups is 1. The topological polar surface area (TPSA) is 259 Å². The van der Waals surface area contributed by atoms with Gasteiger partial charge >= 0.3 is 29.2 Å². The number of ether oxygens (including phenoxy) is 1. The second-order valence-corrected chi connectivity index (χ2v) is 10.4. The Balaban J connectivity index is 2.07. The third-order valence-electron chi connectivity index (χ3n) is 3.65. The van der Waals surface area contributed by atoms with Crippen molar-refractivity contribution in [2.45, 2.75) is 31.8 Å². The molecule has 1 fully saturated rings. The molecule has 0 spiro atoms. The number of nitrogens with two attached hydrogens (primary N) is 1. The quantitative estimate of drug-likeness (QED) is 0.168. The highest BCUT2D eigenvalue weighted by atomic mass is 31.3. The summed E-state index contributed by atoms with van der Waals surface area (Å²) in [5.41, 5.74) is -1.62. The van der Waals surface area contributed by atoms with E-state index in [2.05, 4.69) is 13.1 Å². The molecule has 0 amide bonds. The molecule has 1 aliphatic heterocycles. The van der Waals surface area contributed by atoms with Gasteiger partial charge in [0.05, 0.1) is 12.7 Å². The summed E-state index contributed by atoms with van der Waals surface area (Å²) in [5, 5.41) is 10.0. The summed E-state index contributed by atoms with van der Waals surface area (Å²) in [5.74, 6) is 5.36. The van der Waals surface area contributed by atoms with Crippen molar-refractivity contribution in [3.8, 4) is 0 Å². The third-order valence-corrected chi connectivity index (χ3v) is 7.45. The number of hydrogen-bond donors (Lipinski definition) is 6. The second kappa shape index (κ2) is 8.74. The van der Waals surface area contributed by atoms with E-state index in [1.54, 1.807) is 0 Å². The molecular formula is C10H18N3O14P3. The molecule has 1 aliphatic rings. The Morgan fingerprint density at radius 1 is 1.17 bits per heavy atom. The van der Waals surface area contributed by atoms with Gasteiger partial charge in [-0.25, -0.2) is 18.5 Å². The zero-order chi connectivity index (χ0) is 23.1. The lowest BCUT2D eigenvalue weighted by atomic mass is 10.2. The molecule has 5 atom stereocenters. The molecule has 0 aliphatic carbocycles. The lowest BCUT2D eigenvalue weighted by Gasteiger charge is -2.19. The molecule has 172 valence electrons. The summed E-state index contributed by atoms with van der Waals surface area (Å²) in [6, 6.07) is 0. The average Bonchev–Trinajstić information content (AvgIpc) is 2.92.